The summed E-state index contributed by atoms with van der Waals surface area (Å²) in [5.74, 6) is -0.244. The Morgan fingerprint density at radius 1 is 1.50 bits per heavy atom. The predicted octanol–water partition coefficient (Wildman–Crippen LogP) is 4.88. The average Bonchev–Trinajstić information content (AvgIpc) is 2.67. The van der Waals surface area contributed by atoms with E-state index in [2.05, 4.69) is 12.6 Å². The van der Waals surface area contributed by atoms with Crippen LogP contribution in [-0.4, -0.2) is 15.0 Å². The fourth-order valence-electron chi connectivity index (χ4n) is 1.34. The molecule has 0 aliphatic rings. The lowest BCUT2D eigenvalue weighted by Gasteiger charge is -2.16. The maximum absolute atomic E-state index is 11.5. The van der Waals surface area contributed by atoms with E-state index in [1.807, 2.05) is 11.4 Å². The molecule has 7 heteroatoms. The van der Waals surface area contributed by atoms with Gasteiger partial charge < -0.3 is 4.74 Å². The molecule has 1 rings (SSSR count). The summed E-state index contributed by atoms with van der Waals surface area (Å²) >= 11 is 22.7. The maximum Gasteiger partial charge on any atom is 0.311 e. The van der Waals surface area contributed by atoms with Crippen molar-refractivity contribution in [1.29, 1.82) is 0 Å². The van der Waals surface area contributed by atoms with Crippen molar-refractivity contribution in [3.05, 3.63) is 17.5 Å². The van der Waals surface area contributed by atoms with E-state index in [0.717, 1.165) is 0 Å². The third-order valence-electron chi connectivity index (χ3n) is 2.09. The van der Waals surface area contributed by atoms with E-state index in [1.54, 1.807) is 6.07 Å². The molecule has 1 aromatic heterocycles. The van der Waals surface area contributed by atoms with Gasteiger partial charge in [0.2, 0.25) is 0 Å². The Balaban J connectivity index is 2.15. The summed E-state index contributed by atoms with van der Waals surface area (Å²) in [6.45, 7) is 0. The van der Waals surface area contributed by atoms with Crippen LogP contribution < -0.4 is 4.74 Å². The molecule has 1 atom stereocenters. The number of thiol groups is 1. The molecule has 0 radical (unpaired) electrons. The number of carbonyl (C=O) groups is 1. The molecule has 0 fully saturated rings. The van der Waals surface area contributed by atoms with Crippen LogP contribution in [0.4, 0.5) is 0 Å². The van der Waals surface area contributed by atoms with E-state index in [-0.39, 0.29) is 11.2 Å². The predicted molar refractivity (Wildman–Crippen MR) is 81.5 cm³/mol. The number of thiophene rings is 1. The summed E-state index contributed by atoms with van der Waals surface area (Å²) in [7, 11) is 0. The summed E-state index contributed by atoms with van der Waals surface area (Å²) in [4.78, 5) is 11.5. The minimum atomic E-state index is -1.29. The first-order valence-corrected chi connectivity index (χ1v) is 7.89. The number of ether oxygens (including phenoxy) is 1. The highest BCUT2D eigenvalue weighted by Crippen LogP contribution is 2.34. The lowest BCUT2D eigenvalue weighted by molar-refractivity contribution is -0.134. The number of alkyl halides is 3. The van der Waals surface area contributed by atoms with Gasteiger partial charge in [0.15, 0.2) is 8.86 Å². The van der Waals surface area contributed by atoms with Crippen LogP contribution in [0.15, 0.2) is 17.5 Å². The van der Waals surface area contributed by atoms with Crippen LogP contribution in [0.2, 0.25) is 0 Å². The number of rotatable bonds is 6. The molecule has 0 spiro atoms. The van der Waals surface area contributed by atoms with E-state index < -0.39 is 3.79 Å². The first-order valence-electron chi connectivity index (χ1n) is 5.36. The second kappa shape index (κ2) is 7.85. The summed E-state index contributed by atoms with van der Waals surface area (Å²) in [6.07, 6.45) is 2.07. The average molecular weight is 348 g/mol. The van der Waals surface area contributed by atoms with Crippen molar-refractivity contribution in [2.45, 2.75) is 34.7 Å². The third kappa shape index (κ3) is 7.74. The van der Waals surface area contributed by atoms with Crippen LogP contribution in [0, 0.1) is 0 Å². The smallest absolute Gasteiger partial charge is 0.311 e. The molecule has 0 bridgehead atoms. The van der Waals surface area contributed by atoms with Gasteiger partial charge in [-0.25, -0.2) is 0 Å². The van der Waals surface area contributed by atoms with Gasteiger partial charge in [0, 0.05) is 18.1 Å². The van der Waals surface area contributed by atoms with Crippen LogP contribution in [0.1, 0.15) is 25.7 Å². The van der Waals surface area contributed by atoms with Crippen molar-refractivity contribution in [3.63, 3.8) is 0 Å². The first kappa shape index (κ1) is 16.4. The molecular formula is C11H13Cl3O2S2. The summed E-state index contributed by atoms with van der Waals surface area (Å²) in [5.41, 5.74) is 0. The number of hydrogen-bond acceptors (Lipinski definition) is 4. The molecule has 102 valence electrons. The van der Waals surface area contributed by atoms with Crippen LogP contribution in [0.3, 0.4) is 0 Å². The molecule has 1 aromatic rings. The van der Waals surface area contributed by atoms with Gasteiger partial charge in [-0.2, -0.15) is 12.6 Å². The number of esters is 1. The van der Waals surface area contributed by atoms with Gasteiger partial charge in [0.1, 0.15) is 0 Å². The molecule has 1 unspecified atom stereocenters. The van der Waals surface area contributed by atoms with Crippen LogP contribution in [0.5, 0.6) is 5.06 Å². The van der Waals surface area contributed by atoms with Gasteiger partial charge in [0.25, 0.3) is 0 Å². The van der Waals surface area contributed by atoms with Crippen LogP contribution in [0.25, 0.3) is 0 Å². The van der Waals surface area contributed by atoms with Crippen LogP contribution >= 0.6 is 58.8 Å². The van der Waals surface area contributed by atoms with Crippen molar-refractivity contribution >= 4 is 64.7 Å². The fourth-order valence-corrected chi connectivity index (χ4v) is 3.26. The Hall–Kier alpha value is 0.390. The van der Waals surface area contributed by atoms with Crippen molar-refractivity contribution in [2.75, 3.05) is 0 Å². The molecule has 2 nitrogen and oxygen atoms in total. The maximum atomic E-state index is 11.5. The zero-order valence-corrected chi connectivity index (χ0v) is 13.4. The molecule has 0 aliphatic carbocycles. The lowest BCUT2D eigenvalue weighted by Crippen LogP contribution is -2.13. The highest BCUT2D eigenvalue weighted by Gasteiger charge is 2.23. The Morgan fingerprint density at radius 3 is 2.78 bits per heavy atom. The van der Waals surface area contributed by atoms with Gasteiger partial charge in [0.05, 0.1) is 0 Å². The zero-order chi connectivity index (χ0) is 13.6. The minimum Gasteiger partial charge on any atom is -0.415 e. The monoisotopic (exact) mass is 346 g/mol. The largest absolute Gasteiger partial charge is 0.415 e. The van der Waals surface area contributed by atoms with Gasteiger partial charge in [-0.05, 0) is 30.4 Å². The van der Waals surface area contributed by atoms with Gasteiger partial charge in [-0.1, -0.05) is 34.8 Å². The quantitative estimate of drug-likeness (QED) is 0.451. The second-order valence-corrected chi connectivity index (χ2v) is 7.93. The van der Waals surface area contributed by atoms with Crippen molar-refractivity contribution in [3.8, 4) is 5.06 Å². The van der Waals surface area contributed by atoms with E-state index >= 15 is 0 Å². The van der Waals surface area contributed by atoms with E-state index in [4.69, 9.17) is 39.5 Å². The second-order valence-electron chi connectivity index (χ2n) is 3.77. The Morgan fingerprint density at radius 2 is 2.22 bits per heavy atom. The highest BCUT2D eigenvalue weighted by atomic mass is 35.6. The zero-order valence-electron chi connectivity index (χ0n) is 9.44. The Labute approximate surface area is 131 Å². The number of carbonyl (C=O) groups excluding carboxylic acids is 1. The molecule has 0 N–H and O–H groups in total. The molecular weight excluding hydrogens is 335 g/mol. The van der Waals surface area contributed by atoms with Crippen molar-refractivity contribution < 1.29 is 9.53 Å². The molecule has 18 heavy (non-hydrogen) atoms. The molecule has 0 saturated carbocycles. The summed E-state index contributed by atoms with van der Waals surface area (Å²) < 4.78 is 3.83. The van der Waals surface area contributed by atoms with E-state index in [0.29, 0.717) is 30.7 Å². The molecule has 0 saturated heterocycles. The normalized spacial score (nSPS) is 13.3. The highest BCUT2D eigenvalue weighted by molar-refractivity contribution is 7.81. The third-order valence-corrected chi connectivity index (χ3v) is 3.74. The van der Waals surface area contributed by atoms with Gasteiger partial charge in [-0.3, -0.25) is 4.79 Å². The summed E-state index contributed by atoms with van der Waals surface area (Å²) in [6, 6.07) is 3.59. The standard InChI is InChI=1S/C11H13Cl3O2S2/c12-11(13,14)7-8(17)3-1-4-9(15)16-10-5-2-6-18-10/h2,5-6,8,17H,1,3-4,7H2. The number of hydrogen-bond donors (Lipinski definition) is 1. The Kier molecular flexibility index (Phi) is 7.17. The van der Waals surface area contributed by atoms with Crippen molar-refractivity contribution in [1.82, 2.24) is 0 Å². The molecule has 0 aliphatic heterocycles. The molecule has 0 amide bonds. The topological polar surface area (TPSA) is 26.3 Å². The SMILES string of the molecule is O=C(CCCC(S)CC(Cl)(Cl)Cl)Oc1cccs1. The van der Waals surface area contributed by atoms with E-state index in [9.17, 15) is 4.79 Å². The summed E-state index contributed by atoms with van der Waals surface area (Å²) in [5, 5.41) is 2.43. The fraction of sp³-hybridized carbons (Fsp3) is 0.545. The van der Waals surface area contributed by atoms with Gasteiger partial charge in [-0.15, -0.1) is 11.3 Å². The number of halogens is 3. The first-order chi connectivity index (χ1) is 8.37. The van der Waals surface area contributed by atoms with Gasteiger partial charge >= 0.3 is 5.97 Å². The Bertz CT molecular complexity index is 363. The minimum absolute atomic E-state index is 0.0352. The molecule has 1 heterocycles. The lowest BCUT2D eigenvalue weighted by atomic mass is 10.1. The molecule has 0 aromatic carbocycles. The van der Waals surface area contributed by atoms with E-state index in [1.165, 1.54) is 11.3 Å². The van der Waals surface area contributed by atoms with Crippen LogP contribution in [-0.2, 0) is 4.79 Å². The van der Waals surface area contributed by atoms with Crippen molar-refractivity contribution in [2.24, 2.45) is 0 Å².